The highest BCUT2D eigenvalue weighted by molar-refractivity contribution is 9.11. The van der Waals surface area contributed by atoms with E-state index in [-0.39, 0.29) is 12.3 Å². The van der Waals surface area contributed by atoms with Gasteiger partial charge in [-0.3, -0.25) is 0 Å². The molecule has 0 saturated heterocycles. The number of carbonyl (C=O) groups is 1. The van der Waals surface area contributed by atoms with E-state index in [1.54, 1.807) is 13.0 Å². The number of anilines is 1. The lowest BCUT2D eigenvalue weighted by atomic mass is 10.1. The largest absolute Gasteiger partial charge is 0.461 e. The first-order chi connectivity index (χ1) is 9.04. The summed E-state index contributed by atoms with van der Waals surface area (Å²) >= 11 is 6.71. The molecule has 0 bridgehead atoms. The second-order valence-corrected chi connectivity index (χ2v) is 5.36. The summed E-state index contributed by atoms with van der Waals surface area (Å²) in [7, 11) is 0. The molecule has 2 rings (SSSR count). The van der Waals surface area contributed by atoms with Crippen molar-refractivity contribution in [2.75, 3.05) is 12.3 Å². The minimum Gasteiger partial charge on any atom is -0.461 e. The van der Waals surface area contributed by atoms with E-state index in [0.717, 1.165) is 4.47 Å². The maximum Gasteiger partial charge on any atom is 0.361 e. The lowest BCUT2D eigenvalue weighted by Gasteiger charge is -2.07. The van der Waals surface area contributed by atoms with E-state index in [9.17, 15) is 4.79 Å². The van der Waals surface area contributed by atoms with Crippen LogP contribution in [0.1, 0.15) is 17.4 Å². The smallest absolute Gasteiger partial charge is 0.361 e. The number of esters is 1. The summed E-state index contributed by atoms with van der Waals surface area (Å²) in [5.41, 5.74) is 7.52. The van der Waals surface area contributed by atoms with E-state index in [1.165, 1.54) is 0 Å². The molecular formula is C11H10Br2N4O2. The summed E-state index contributed by atoms with van der Waals surface area (Å²) in [5.74, 6) is -0.540. The number of benzene rings is 1. The molecule has 0 saturated carbocycles. The molecule has 0 unspecified atom stereocenters. The van der Waals surface area contributed by atoms with E-state index < -0.39 is 5.97 Å². The first kappa shape index (κ1) is 14.0. The first-order valence-electron chi connectivity index (χ1n) is 5.37. The highest BCUT2D eigenvalue weighted by Gasteiger charge is 2.21. The van der Waals surface area contributed by atoms with Crippen LogP contribution in [0.3, 0.4) is 0 Å². The maximum atomic E-state index is 11.8. The average Bonchev–Trinajstić information content (AvgIpc) is 2.83. The van der Waals surface area contributed by atoms with Gasteiger partial charge in [0, 0.05) is 14.5 Å². The molecule has 0 aliphatic heterocycles. The molecule has 0 atom stereocenters. The molecule has 0 amide bonds. The molecule has 0 aliphatic rings. The van der Waals surface area contributed by atoms with E-state index in [0.29, 0.717) is 21.4 Å². The Balaban J connectivity index is 2.54. The Morgan fingerprint density at radius 3 is 2.84 bits per heavy atom. The van der Waals surface area contributed by atoms with E-state index >= 15 is 0 Å². The standard InChI is InChI=1S/C11H10Br2N4O2/c1-2-19-11(18)10-9(15-17-16-10)6-3-5(12)4-7(13)8(6)14/h3-4H,2,14H2,1H3,(H,15,16,17). The average molecular weight is 390 g/mol. The van der Waals surface area contributed by atoms with Gasteiger partial charge in [-0.1, -0.05) is 15.9 Å². The molecule has 0 spiro atoms. The topological polar surface area (TPSA) is 93.9 Å². The number of nitrogens with zero attached hydrogens (tertiary/aromatic N) is 2. The van der Waals surface area contributed by atoms with Gasteiger partial charge in [0.1, 0.15) is 5.69 Å². The fraction of sp³-hybridized carbons (Fsp3) is 0.182. The molecule has 6 nitrogen and oxygen atoms in total. The SMILES string of the molecule is CCOC(=O)c1n[nH]nc1-c1cc(Br)cc(Br)c1N. The monoisotopic (exact) mass is 388 g/mol. The maximum absolute atomic E-state index is 11.8. The van der Waals surface area contributed by atoms with Crippen molar-refractivity contribution < 1.29 is 9.53 Å². The van der Waals surface area contributed by atoms with Crippen molar-refractivity contribution >= 4 is 43.5 Å². The summed E-state index contributed by atoms with van der Waals surface area (Å²) in [6.45, 7) is 1.99. The Kier molecular flexibility index (Phi) is 4.20. The van der Waals surface area contributed by atoms with Gasteiger partial charge in [0.05, 0.1) is 12.3 Å². The zero-order valence-electron chi connectivity index (χ0n) is 9.91. The van der Waals surface area contributed by atoms with Crippen LogP contribution < -0.4 is 5.73 Å². The number of hydrogen-bond donors (Lipinski definition) is 2. The second kappa shape index (κ2) is 5.70. The molecule has 19 heavy (non-hydrogen) atoms. The number of nitrogens with one attached hydrogen (secondary N) is 1. The van der Waals surface area contributed by atoms with E-state index in [2.05, 4.69) is 47.3 Å². The lowest BCUT2D eigenvalue weighted by molar-refractivity contribution is 0.0520. The Labute approximate surface area is 126 Å². The van der Waals surface area contributed by atoms with Crippen LogP contribution in [0.25, 0.3) is 11.3 Å². The van der Waals surface area contributed by atoms with Gasteiger partial charge in [-0.25, -0.2) is 4.79 Å². The summed E-state index contributed by atoms with van der Waals surface area (Å²) in [6, 6.07) is 3.57. The number of nitrogens with two attached hydrogens (primary N) is 1. The number of H-pyrrole nitrogens is 1. The van der Waals surface area contributed by atoms with Crippen molar-refractivity contribution in [2.24, 2.45) is 0 Å². The molecular weight excluding hydrogens is 380 g/mol. The van der Waals surface area contributed by atoms with Crippen LogP contribution in [-0.4, -0.2) is 28.0 Å². The van der Waals surface area contributed by atoms with Crippen LogP contribution in [0.2, 0.25) is 0 Å². The van der Waals surface area contributed by atoms with Gasteiger partial charge >= 0.3 is 5.97 Å². The first-order valence-corrected chi connectivity index (χ1v) is 6.96. The Morgan fingerprint density at radius 2 is 2.16 bits per heavy atom. The van der Waals surface area contributed by atoms with Gasteiger partial charge in [-0.05, 0) is 35.0 Å². The Bertz CT molecular complexity index is 627. The molecule has 8 heteroatoms. The van der Waals surface area contributed by atoms with Gasteiger partial charge in [0.2, 0.25) is 0 Å². The highest BCUT2D eigenvalue weighted by atomic mass is 79.9. The third-order valence-electron chi connectivity index (χ3n) is 2.37. The van der Waals surface area contributed by atoms with Gasteiger partial charge in [-0.2, -0.15) is 10.3 Å². The molecule has 0 radical (unpaired) electrons. The Morgan fingerprint density at radius 1 is 1.42 bits per heavy atom. The number of aromatic amines is 1. The summed E-state index contributed by atoms with van der Waals surface area (Å²) in [5, 5.41) is 10.2. The van der Waals surface area contributed by atoms with Gasteiger partial charge in [-0.15, -0.1) is 5.10 Å². The van der Waals surface area contributed by atoms with Crippen molar-refractivity contribution in [1.82, 2.24) is 15.4 Å². The van der Waals surface area contributed by atoms with Crippen molar-refractivity contribution in [3.05, 3.63) is 26.8 Å². The normalized spacial score (nSPS) is 10.5. The zero-order chi connectivity index (χ0) is 14.0. The van der Waals surface area contributed by atoms with Gasteiger partial charge in [0.25, 0.3) is 0 Å². The number of halogens is 2. The molecule has 0 fully saturated rings. The van der Waals surface area contributed by atoms with Crippen molar-refractivity contribution in [1.29, 1.82) is 0 Å². The number of nitrogen functional groups attached to an aromatic ring is 1. The van der Waals surface area contributed by atoms with Crippen molar-refractivity contribution in [3.8, 4) is 11.3 Å². The van der Waals surface area contributed by atoms with Crippen molar-refractivity contribution in [2.45, 2.75) is 6.92 Å². The summed E-state index contributed by atoms with van der Waals surface area (Å²) in [6.07, 6.45) is 0. The molecule has 0 aliphatic carbocycles. The molecule has 1 aromatic carbocycles. The van der Waals surface area contributed by atoms with Crippen LogP contribution in [-0.2, 0) is 4.74 Å². The Hall–Kier alpha value is -1.41. The summed E-state index contributed by atoms with van der Waals surface area (Å²) < 4.78 is 6.43. The predicted octanol–water partition coefficient (Wildman–Crippen LogP) is 2.76. The van der Waals surface area contributed by atoms with Crippen LogP contribution >= 0.6 is 31.9 Å². The predicted molar refractivity (Wildman–Crippen MR) is 77.6 cm³/mol. The van der Waals surface area contributed by atoms with Crippen LogP contribution in [0.4, 0.5) is 5.69 Å². The third-order valence-corrected chi connectivity index (χ3v) is 3.48. The molecule has 100 valence electrons. The van der Waals surface area contributed by atoms with Crippen molar-refractivity contribution in [3.63, 3.8) is 0 Å². The fourth-order valence-corrected chi connectivity index (χ4v) is 2.77. The molecule has 3 N–H and O–H groups in total. The van der Waals surface area contributed by atoms with E-state index in [1.807, 2.05) is 6.07 Å². The summed E-state index contributed by atoms with van der Waals surface area (Å²) in [4.78, 5) is 11.8. The minimum absolute atomic E-state index is 0.110. The molecule has 1 heterocycles. The quantitative estimate of drug-likeness (QED) is 0.621. The highest BCUT2D eigenvalue weighted by Crippen LogP contribution is 2.35. The number of rotatable bonds is 3. The zero-order valence-corrected chi connectivity index (χ0v) is 13.1. The third kappa shape index (κ3) is 2.79. The van der Waals surface area contributed by atoms with Crippen LogP contribution in [0.5, 0.6) is 0 Å². The number of aromatic nitrogens is 3. The minimum atomic E-state index is -0.540. The molecule has 1 aromatic heterocycles. The van der Waals surface area contributed by atoms with Crippen LogP contribution in [0, 0.1) is 0 Å². The number of carbonyl (C=O) groups excluding carboxylic acids is 1. The molecule has 2 aromatic rings. The van der Waals surface area contributed by atoms with Gasteiger partial charge in [0.15, 0.2) is 5.69 Å². The second-order valence-electron chi connectivity index (χ2n) is 3.59. The van der Waals surface area contributed by atoms with E-state index in [4.69, 9.17) is 10.5 Å². The fourth-order valence-electron chi connectivity index (χ4n) is 1.54. The van der Waals surface area contributed by atoms with Gasteiger partial charge < -0.3 is 10.5 Å². The number of ether oxygens (including phenoxy) is 1. The lowest BCUT2D eigenvalue weighted by Crippen LogP contribution is -2.07. The number of hydrogen-bond acceptors (Lipinski definition) is 5. The van der Waals surface area contributed by atoms with Crippen LogP contribution in [0.15, 0.2) is 21.1 Å².